The van der Waals surface area contributed by atoms with Gasteiger partial charge in [-0.2, -0.15) is 5.10 Å². The Morgan fingerprint density at radius 1 is 1.21 bits per heavy atom. The van der Waals surface area contributed by atoms with Crippen LogP contribution in [0.4, 0.5) is 0 Å². The third kappa shape index (κ3) is 4.15. The van der Waals surface area contributed by atoms with Gasteiger partial charge in [0.25, 0.3) is 0 Å². The monoisotopic (exact) mass is 375 g/mol. The summed E-state index contributed by atoms with van der Waals surface area (Å²) in [5.74, 6) is 3.61. The number of benzene rings is 2. The van der Waals surface area contributed by atoms with Gasteiger partial charge < -0.3 is 14.0 Å². The standard InChI is InChI=1S/C22H21N3O3/c1-4-11-25-15-17(18-7-5-6-8-19(18)25)14-23-24-22(26)13-16-9-10-20(27-2)21(12-16)28-3/h1,5-10,12,14-15H,11,13H2,2-3H3,(H,24,26)/b23-14-. The third-order valence-corrected chi connectivity index (χ3v) is 4.29. The fraction of sp³-hybridized carbons (Fsp3) is 0.182. The Labute approximate surface area is 163 Å². The van der Waals surface area contributed by atoms with Gasteiger partial charge in [0.05, 0.1) is 33.4 Å². The van der Waals surface area contributed by atoms with Crippen LogP contribution in [-0.2, 0) is 17.8 Å². The molecule has 6 heteroatoms. The molecule has 0 aliphatic heterocycles. The Bertz CT molecular complexity index is 1060. The first-order valence-corrected chi connectivity index (χ1v) is 8.70. The molecule has 0 unspecified atom stereocenters. The average molecular weight is 375 g/mol. The number of hydrazone groups is 1. The van der Waals surface area contributed by atoms with Crippen molar-refractivity contribution >= 4 is 23.0 Å². The maximum atomic E-state index is 12.2. The first-order chi connectivity index (χ1) is 13.7. The van der Waals surface area contributed by atoms with E-state index in [0.29, 0.717) is 18.0 Å². The Hall–Kier alpha value is -3.72. The van der Waals surface area contributed by atoms with E-state index in [1.165, 1.54) is 0 Å². The number of nitrogens with one attached hydrogen (secondary N) is 1. The van der Waals surface area contributed by atoms with Gasteiger partial charge in [-0.25, -0.2) is 5.43 Å². The molecule has 2 aromatic carbocycles. The number of amides is 1. The second-order valence-electron chi connectivity index (χ2n) is 6.09. The van der Waals surface area contributed by atoms with Crippen LogP contribution in [-0.4, -0.2) is 30.9 Å². The average Bonchev–Trinajstić information content (AvgIpc) is 3.06. The van der Waals surface area contributed by atoms with Gasteiger partial charge in [-0.1, -0.05) is 30.2 Å². The Kier molecular flexibility index (Phi) is 5.97. The Balaban J connectivity index is 1.69. The quantitative estimate of drug-likeness (QED) is 0.392. The van der Waals surface area contributed by atoms with Crippen LogP contribution in [0, 0.1) is 12.3 Å². The van der Waals surface area contributed by atoms with Crippen LogP contribution in [0.25, 0.3) is 10.9 Å². The Morgan fingerprint density at radius 3 is 2.75 bits per heavy atom. The highest BCUT2D eigenvalue weighted by Crippen LogP contribution is 2.27. The molecule has 0 atom stereocenters. The molecule has 142 valence electrons. The molecule has 1 heterocycles. The van der Waals surface area contributed by atoms with Crippen molar-refractivity contribution in [2.24, 2.45) is 5.10 Å². The van der Waals surface area contributed by atoms with Gasteiger partial charge in [0, 0.05) is 22.7 Å². The summed E-state index contributed by atoms with van der Waals surface area (Å²) in [6.07, 6.45) is 9.16. The van der Waals surface area contributed by atoms with Gasteiger partial charge in [-0.05, 0) is 23.8 Å². The molecule has 0 fully saturated rings. The summed E-state index contributed by atoms with van der Waals surface area (Å²) in [5.41, 5.74) is 5.28. The molecule has 28 heavy (non-hydrogen) atoms. The zero-order valence-corrected chi connectivity index (χ0v) is 15.8. The predicted octanol–water partition coefficient (Wildman–Crippen LogP) is 2.98. The lowest BCUT2D eigenvalue weighted by molar-refractivity contribution is -0.120. The molecule has 1 aromatic heterocycles. The fourth-order valence-corrected chi connectivity index (χ4v) is 3.00. The van der Waals surface area contributed by atoms with Crippen molar-refractivity contribution in [3.05, 3.63) is 59.8 Å². The fourth-order valence-electron chi connectivity index (χ4n) is 3.00. The zero-order valence-electron chi connectivity index (χ0n) is 15.8. The highest BCUT2D eigenvalue weighted by atomic mass is 16.5. The van der Waals surface area contributed by atoms with E-state index in [1.54, 1.807) is 32.6 Å². The van der Waals surface area contributed by atoms with Crippen molar-refractivity contribution in [1.29, 1.82) is 0 Å². The zero-order chi connectivity index (χ0) is 19.9. The van der Waals surface area contributed by atoms with Crippen molar-refractivity contribution in [3.8, 4) is 23.8 Å². The number of hydrogen-bond donors (Lipinski definition) is 1. The van der Waals surface area contributed by atoms with Crippen LogP contribution in [0.5, 0.6) is 11.5 Å². The summed E-state index contributed by atoms with van der Waals surface area (Å²) in [4.78, 5) is 12.2. The van der Waals surface area contributed by atoms with E-state index in [0.717, 1.165) is 22.0 Å². The number of hydrogen-bond acceptors (Lipinski definition) is 4. The molecule has 0 spiro atoms. The molecular weight excluding hydrogens is 354 g/mol. The molecule has 3 aromatic rings. The predicted molar refractivity (Wildman–Crippen MR) is 110 cm³/mol. The van der Waals surface area contributed by atoms with Crippen molar-refractivity contribution < 1.29 is 14.3 Å². The molecule has 1 N–H and O–H groups in total. The maximum Gasteiger partial charge on any atom is 0.244 e. The highest BCUT2D eigenvalue weighted by Gasteiger charge is 2.09. The Morgan fingerprint density at radius 2 is 2.00 bits per heavy atom. The van der Waals surface area contributed by atoms with E-state index in [4.69, 9.17) is 15.9 Å². The summed E-state index contributed by atoms with van der Waals surface area (Å²) >= 11 is 0. The maximum absolute atomic E-state index is 12.2. The van der Waals surface area contributed by atoms with Crippen molar-refractivity contribution in [1.82, 2.24) is 9.99 Å². The number of terminal acetylenes is 1. The minimum atomic E-state index is -0.226. The van der Waals surface area contributed by atoms with Crippen LogP contribution in [0.1, 0.15) is 11.1 Å². The van der Waals surface area contributed by atoms with Gasteiger partial charge in [0.1, 0.15) is 0 Å². The summed E-state index contributed by atoms with van der Waals surface area (Å²) < 4.78 is 12.4. The SMILES string of the molecule is C#CCn1cc(/C=N\NC(=O)Cc2ccc(OC)c(OC)c2)c2ccccc21. The van der Waals surface area contributed by atoms with Gasteiger partial charge in [-0.3, -0.25) is 4.79 Å². The highest BCUT2D eigenvalue weighted by molar-refractivity contribution is 5.99. The lowest BCUT2D eigenvalue weighted by atomic mass is 10.1. The topological polar surface area (TPSA) is 64.9 Å². The van der Waals surface area contributed by atoms with Gasteiger partial charge in [-0.15, -0.1) is 6.42 Å². The molecule has 1 amide bonds. The second-order valence-corrected chi connectivity index (χ2v) is 6.09. The number of rotatable bonds is 7. The van der Waals surface area contributed by atoms with Crippen LogP contribution in [0.3, 0.4) is 0 Å². The molecule has 0 bridgehead atoms. The molecule has 6 nitrogen and oxygen atoms in total. The van der Waals surface area contributed by atoms with Crippen LogP contribution < -0.4 is 14.9 Å². The van der Waals surface area contributed by atoms with Crippen LogP contribution in [0.15, 0.2) is 53.8 Å². The number of nitrogens with zero attached hydrogens (tertiary/aromatic N) is 2. The number of carbonyl (C=O) groups excluding carboxylic acids is 1. The molecule has 0 aliphatic rings. The molecule has 0 saturated heterocycles. The number of fused-ring (bicyclic) bond motifs is 1. The number of methoxy groups -OCH3 is 2. The van der Waals surface area contributed by atoms with E-state index in [2.05, 4.69) is 16.4 Å². The largest absolute Gasteiger partial charge is 0.493 e. The van der Waals surface area contributed by atoms with E-state index in [-0.39, 0.29) is 12.3 Å². The molecule has 0 radical (unpaired) electrons. The van der Waals surface area contributed by atoms with Gasteiger partial charge in [0.2, 0.25) is 5.91 Å². The number of carbonyl (C=O) groups is 1. The van der Waals surface area contributed by atoms with E-state index in [1.807, 2.05) is 41.1 Å². The van der Waals surface area contributed by atoms with Crippen molar-refractivity contribution in [2.45, 2.75) is 13.0 Å². The molecule has 0 aliphatic carbocycles. The number of para-hydroxylation sites is 1. The summed E-state index contributed by atoms with van der Waals surface area (Å²) in [6.45, 7) is 0.472. The van der Waals surface area contributed by atoms with Crippen molar-refractivity contribution in [3.63, 3.8) is 0 Å². The second kappa shape index (κ2) is 8.78. The normalized spacial score (nSPS) is 10.8. The third-order valence-electron chi connectivity index (χ3n) is 4.29. The van der Waals surface area contributed by atoms with E-state index >= 15 is 0 Å². The molecule has 3 rings (SSSR count). The smallest absolute Gasteiger partial charge is 0.244 e. The molecule has 0 saturated carbocycles. The van der Waals surface area contributed by atoms with Gasteiger partial charge in [0.15, 0.2) is 11.5 Å². The summed E-state index contributed by atoms with van der Waals surface area (Å²) in [7, 11) is 3.13. The number of ether oxygens (including phenoxy) is 2. The lowest BCUT2D eigenvalue weighted by Crippen LogP contribution is -2.19. The minimum absolute atomic E-state index is 0.177. The van der Waals surface area contributed by atoms with Crippen LogP contribution in [0.2, 0.25) is 0 Å². The first kappa shape index (κ1) is 19.1. The van der Waals surface area contributed by atoms with E-state index in [9.17, 15) is 4.79 Å². The number of aromatic nitrogens is 1. The summed E-state index contributed by atoms with van der Waals surface area (Å²) in [5, 5.41) is 5.12. The van der Waals surface area contributed by atoms with E-state index < -0.39 is 0 Å². The van der Waals surface area contributed by atoms with Crippen LogP contribution >= 0.6 is 0 Å². The van der Waals surface area contributed by atoms with Gasteiger partial charge >= 0.3 is 0 Å². The first-order valence-electron chi connectivity index (χ1n) is 8.70. The lowest BCUT2D eigenvalue weighted by Gasteiger charge is -2.09. The summed E-state index contributed by atoms with van der Waals surface area (Å²) in [6, 6.07) is 13.3. The van der Waals surface area contributed by atoms with Crippen molar-refractivity contribution in [2.75, 3.05) is 14.2 Å². The molecular formula is C22H21N3O3. The minimum Gasteiger partial charge on any atom is -0.493 e.